The zero-order valence-corrected chi connectivity index (χ0v) is 13.8. The second-order valence-electron chi connectivity index (χ2n) is 5.56. The summed E-state index contributed by atoms with van der Waals surface area (Å²) < 4.78 is 37.5. The van der Waals surface area contributed by atoms with Gasteiger partial charge in [-0.05, 0) is 41.5 Å². The molecule has 0 bridgehead atoms. The smallest absolute Gasteiger partial charge is 0.387 e. The Morgan fingerprint density at radius 3 is 2.26 bits per heavy atom. The maximum Gasteiger partial charge on any atom is 0.416 e. The third-order valence-electron chi connectivity index (χ3n) is 3.62. The van der Waals surface area contributed by atoms with Crippen LogP contribution in [-0.4, -0.2) is 22.5 Å². The molecule has 0 fully saturated rings. The average Bonchev–Trinajstić information content (AvgIpc) is 2.64. The van der Waals surface area contributed by atoms with Crippen LogP contribution in [0.15, 0.2) is 54.6 Å². The lowest BCUT2D eigenvalue weighted by molar-refractivity contribution is -0.384. The maximum atomic E-state index is 12.5. The van der Waals surface area contributed by atoms with Gasteiger partial charge in [0.2, 0.25) is 5.91 Å². The third kappa shape index (κ3) is 5.93. The van der Waals surface area contributed by atoms with Gasteiger partial charge in [-0.3, -0.25) is 14.9 Å². The van der Waals surface area contributed by atoms with E-state index in [0.717, 1.165) is 24.3 Å². The Kier molecular flexibility index (Phi) is 6.30. The van der Waals surface area contributed by atoms with Gasteiger partial charge in [0.15, 0.2) is 0 Å². The van der Waals surface area contributed by atoms with Crippen LogP contribution in [0.5, 0.6) is 0 Å². The van der Waals surface area contributed by atoms with Gasteiger partial charge in [-0.25, -0.2) is 0 Å². The lowest BCUT2D eigenvalue weighted by Gasteiger charge is -2.13. The molecule has 6 nitrogen and oxygen atoms in total. The highest BCUT2D eigenvalue weighted by Gasteiger charge is 2.30. The Morgan fingerprint density at radius 1 is 1.15 bits per heavy atom. The Balaban J connectivity index is 1.88. The number of halogens is 3. The molecule has 27 heavy (non-hydrogen) atoms. The number of carbonyl (C=O) groups is 1. The Bertz CT molecular complexity index is 831. The summed E-state index contributed by atoms with van der Waals surface area (Å²) in [5, 5.41) is 22.9. The summed E-state index contributed by atoms with van der Waals surface area (Å²) in [6.07, 6.45) is -3.01. The SMILES string of the molecule is O=C(/C=C/c1ccc([N+](=O)[O-])cc1)NCC(O)c1ccc(C(F)(F)F)cc1. The summed E-state index contributed by atoms with van der Waals surface area (Å²) in [6, 6.07) is 9.54. The number of amides is 1. The third-order valence-corrected chi connectivity index (χ3v) is 3.62. The molecule has 2 rings (SSSR count). The molecule has 0 aliphatic heterocycles. The molecule has 1 amide bonds. The van der Waals surface area contributed by atoms with Crippen molar-refractivity contribution >= 4 is 17.7 Å². The van der Waals surface area contributed by atoms with Gasteiger partial charge in [0.1, 0.15) is 0 Å². The van der Waals surface area contributed by atoms with Crippen molar-refractivity contribution in [2.24, 2.45) is 0 Å². The largest absolute Gasteiger partial charge is 0.416 e. The molecular weight excluding hydrogens is 365 g/mol. The number of nitro benzene ring substituents is 1. The Labute approximate surface area is 152 Å². The van der Waals surface area contributed by atoms with Gasteiger partial charge in [0, 0.05) is 24.8 Å². The number of aliphatic hydroxyl groups excluding tert-OH is 1. The zero-order valence-electron chi connectivity index (χ0n) is 13.8. The van der Waals surface area contributed by atoms with Crippen LogP contribution in [0.2, 0.25) is 0 Å². The van der Waals surface area contributed by atoms with Crippen molar-refractivity contribution < 1.29 is 28.0 Å². The van der Waals surface area contributed by atoms with Crippen molar-refractivity contribution in [3.8, 4) is 0 Å². The van der Waals surface area contributed by atoms with E-state index in [-0.39, 0.29) is 17.8 Å². The predicted octanol–water partition coefficient (Wildman–Crippen LogP) is 3.48. The van der Waals surface area contributed by atoms with E-state index in [9.17, 15) is 33.2 Å². The van der Waals surface area contributed by atoms with Gasteiger partial charge < -0.3 is 10.4 Å². The molecule has 9 heteroatoms. The molecule has 2 aromatic rings. The maximum absolute atomic E-state index is 12.5. The summed E-state index contributed by atoms with van der Waals surface area (Å²) in [5.74, 6) is -0.528. The van der Waals surface area contributed by atoms with Crippen molar-refractivity contribution in [1.82, 2.24) is 5.32 Å². The number of non-ortho nitro benzene ring substituents is 1. The number of hydrogen-bond donors (Lipinski definition) is 2. The van der Waals surface area contributed by atoms with Gasteiger partial charge in [-0.1, -0.05) is 12.1 Å². The van der Waals surface area contributed by atoms with Gasteiger partial charge >= 0.3 is 6.18 Å². The van der Waals surface area contributed by atoms with Gasteiger partial charge in [-0.2, -0.15) is 13.2 Å². The fourth-order valence-corrected chi connectivity index (χ4v) is 2.15. The van der Waals surface area contributed by atoms with Crippen molar-refractivity contribution in [2.75, 3.05) is 6.54 Å². The molecule has 142 valence electrons. The van der Waals surface area contributed by atoms with Crippen LogP contribution < -0.4 is 5.32 Å². The van der Waals surface area contributed by atoms with Gasteiger partial charge in [-0.15, -0.1) is 0 Å². The van der Waals surface area contributed by atoms with Crippen LogP contribution in [-0.2, 0) is 11.0 Å². The van der Waals surface area contributed by atoms with E-state index in [4.69, 9.17) is 0 Å². The number of benzene rings is 2. The number of carbonyl (C=O) groups excluding carboxylic acids is 1. The highest BCUT2D eigenvalue weighted by molar-refractivity contribution is 5.91. The van der Waals surface area contributed by atoms with Crippen LogP contribution in [0, 0.1) is 10.1 Å². The molecule has 2 aromatic carbocycles. The monoisotopic (exact) mass is 380 g/mol. The topological polar surface area (TPSA) is 92.5 Å². The molecule has 0 spiro atoms. The summed E-state index contributed by atoms with van der Waals surface area (Å²) in [5.41, 5.74) is -0.0912. The first-order valence-electron chi connectivity index (χ1n) is 7.72. The molecule has 0 aliphatic rings. The van der Waals surface area contributed by atoms with E-state index in [2.05, 4.69) is 5.32 Å². The predicted molar refractivity (Wildman–Crippen MR) is 91.5 cm³/mol. The minimum absolute atomic E-state index is 0.0729. The van der Waals surface area contributed by atoms with Crippen molar-refractivity contribution in [1.29, 1.82) is 0 Å². The lowest BCUT2D eigenvalue weighted by atomic mass is 10.1. The molecule has 0 saturated carbocycles. The molecule has 0 saturated heterocycles. The van der Waals surface area contributed by atoms with E-state index in [1.54, 1.807) is 0 Å². The molecular formula is C18H15F3N2O4. The standard InChI is InChI=1S/C18H15F3N2O4/c19-18(20,21)14-6-4-13(5-7-14)16(24)11-22-17(25)10-3-12-1-8-15(9-2-12)23(26)27/h1-10,16,24H,11H2,(H,22,25)/b10-3+. The molecule has 0 radical (unpaired) electrons. The Hall–Kier alpha value is -3.20. The van der Waals surface area contributed by atoms with Crippen molar-refractivity contribution in [3.63, 3.8) is 0 Å². The number of nitrogens with one attached hydrogen (secondary N) is 1. The van der Waals surface area contributed by atoms with Gasteiger partial charge in [0.25, 0.3) is 5.69 Å². The van der Waals surface area contributed by atoms with Crippen molar-refractivity contribution in [2.45, 2.75) is 12.3 Å². The second kappa shape index (κ2) is 8.45. The molecule has 1 atom stereocenters. The van der Waals surface area contributed by atoms with E-state index >= 15 is 0 Å². The summed E-state index contributed by atoms with van der Waals surface area (Å²) in [4.78, 5) is 21.8. The first-order valence-corrected chi connectivity index (χ1v) is 7.72. The summed E-state index contributed by atoms with van der Waals surface area (Å²) in [7, 11) is 0. The quantitative estimate of drug-likeness (QED) is 0.456. The molecule has 0 aromatic heterocycles. The van der Waals surface area contributed by atoms with Crippen LogP contribution in [0.4, 0.5) is 18.9 Å². The zero-order chi connectivity index (χ0) is 20.0. The lowest BCUT2D eigenvalue weighted by Crippen LogP contribution is -2.26. The normalized spacial score (nSPS) is 12.7. The number of nitrogens with zero attached hydrogens (tertiary/aromatic N) is 1. The molecule has 0 aliphatic carbocycles. The molecule has 1 unspecified atom stereocenters. The number of alkyl halides is 3. The van der Waals surface area contributed by atoms with E-state index in [0.29, 0.717) is 5.56 Å². The average molecular weight is 380 g/mol. The second-order valence-corrected chi connectivity index (χ2v) is 5.56. The molecule has 2 N–H and O–H groups in total. The van der Waals surface area contributed by atoms with Gasteiger partial charge in [0.05, 0.1) is 16.6 Å². The van der Waals surface area contributed by atoms with E-state index in [1.807, 2.05) is 0 Å². The number of hydrogen-bond acceptors (Lipinski definition) is 4. The van der Waals surface area contributed by atoms with Crippen molar-refractivity contribution in [3.05, 3.63) is 81.4 Å². The fourth-order valence-electron chi connectivity index (χ4n) is 2.15. The highest BCUT2D eigenvalue weighted by atomic mass is 19.4. The number of rotatable bonds is 6. The minimum Gasteiger partial charge on any atom is -0.387 e. The first kappa shape index (κ1) is 20.1. The first-order chi connectivity index (χ1) is 12.7. The van der Waals surface area contributed by atoms with Crippen LogP contribution >= 0.6 is 0 Å². The highest BCUT2D eigenvalue weighted by Crippen LogP contribution is 2.29. The van der Waals surface area contributed by atoms with Crippen LogP contribution in [0.3, 0.4) is 0 Å². The van der Waals surface area contributed by atoms with E-state index < -0.39 is 28.7 Å². The van der Waals surface area contributed by atoms with Crippen LogP contribution in [0.25, 0.3) is 6.08 Å². The minimum atomic E-state index is -4.46. The molecule has 0 heterocycles. The Morgan fingerprint density at radius 2 is 1.74 bits per heavy atom. The fraction of sp³-hybridized carbons (Fsp3) is 0.167. The van der Waals surface area contributed by atoms with Crippen LogP contribution in [0.1, 0.15) is 22.8 Å². The summed E-state index contributed by atoms with van der Waals surface area (Å²) in [6.45, 7) is -0.186. The number of aliphatic hydroxyl groups is 1. The summed E-state index contributed by atoms with van der Waals surface area (Å²) >= 11 is 0. The van der Waals surface area contributed by atoms with E-state index in [1.165, 1.54) is 36.4 Å². The number of nitro groups is 1.